The Morgan fingerprint density at radius 2 is 0.802 bits per heavy atom. The number of alkyl halides is 12. The molecule has 0 fully saturated rings. The van der Waals surface area contributed by atoms with E-state index in [0.717, 1.165) is 44.5 Å². The van der Waals surface area contributed by atoms with Crippen LogP contribution in [-0.2, 0) is 15.2 Å². The van der Waals surface area contributed by atoms with Crippen LogP contribution in [0.3, 0.4) is 0 Å². The van der Waals surface area contributed by atoms with Gasteiger partial charge in [-0.1, -0.05) is 248 Å². The van der Waals surface area contributed by atoms with Crippen LogP contribution in [0.5, 0.6) is 11.5 Å². The fourth-order valence-corrected chi connectivity index (χ4v) is 7.38. The summed E-state index contributed by atoms with van der Waals surface area (Å²) in [5.41, 5.74) is 6.87. The third kappa shape index (κ3) is 18.6. The summed E-state index contributed by atoms with van der Waals surface area (Å²) in [6, 6.07) is 40.9. The number of para-hydroxylation sites is 1. The first kappa shape index (κ1) is 61.3. The largest absolute Gasteiger partial charge is 0.457 e. The minimum Gasteiger partial charge on any atom is -0.457 e. The molecule has 81 heavy (non-hydrogen) atoms. The monoisotopic (exact) mass is 1330 g/mol. The molecule has 0 bridgehead atoms. The lowest BCUT2D eigenvalue weighted by molar-refractivity contribution is 0.174. The van der Waals surface area contributed by atoms with E-state index in [1.807, 2.05) is 153 Å². The van der Waals surface area contributed by atoms with Gasteiger partial charge in [-0.25, -0.2) is 0 Å². The number of ether oxygens (including phenoxy) is 2. The van der Waals surface area contributed by atoms with Gasteiger partial charge in [-0.15, -0.1) is 40.8 Å². The molecule has 0 amide bonds. The fourth-order valence-electron chi connectivity index (χ4n) is 6.46. The molecule has 5 aromatic carbocycles. The molecule has 1 aliphatic rings. The summed E-state index contributed by atoms with van der Waals surface area (Å²) in [4.78, 5) is 0. The van der Waals surface area contributed by atoms with Crippen molar-refractivity contribution in [3.63, 3.8) is 0 Å². The van der Waals surface area contributed by atoms with E-state index in [9.17, 15) is 0 Å². The SMILES string of the molecule is Cc1ccc(/C=C/c2nnc(C(Cl)(Cl)Cl)o2)cc1.ClC(Cl)(Cl)c1nnc(-c2ccc(/C=C/c3ccccc3)cc2)o1.ClC(Cl)(Cl)c1nnc(/C=C/c2cc3ccccc3o2)o1.ClC(Cl)(Cl)c1nnc(/C=C/c2ccc3c(c2)OCO3)o1. The Hall–Kier alpha value is -5.76. The van der Waals surface area contributed by atoms with Crippen LogP contribution in [0.25, 0.3) is 71.0 Å². The van der Waals surface area contributed by atoms with E-state index in [2.05, 4.69) is 40.8 Å². The molecule has 15 nitrogen and oxygen atoms in total. The van der Waals surface area contributed by atoms with Crippen molar-refractivity contribution in [2.45, 2.75) is 22.1 Å². The van der Waals surface area contributed by atoms with Crippen molar-refractivity contribution in [3.8, 4) is 23.0 Å². The second kappa shape index (κ2) is 27.5. The molecule has 10 aromatic rings. The maximum absolute atomic E-state index is 5.71. The van der Waals surface area contributed by atoms with E-state index < -0.39 is 15.2 Å². The highest BCUT2D eigenvalue weighted by Crippen LogP contribution is 2.40. The fraction of sp³-hybridized carbons (Fsp3) is 0.111. The molecular weight excluding hydrogens is 1300 g/mol. The number of hydrogen-bond donors (Lipinski definition) is 0. The van der Waals surface area contributed by atoms with Crippen LogP contribution in [0.2, 0.25) is 0 Å². The molecule has 0 saturated carbocycles. The molecule has 0 spiro atoms. The molecular formula is C54H34Cl12N8O7. The summed E-state index contributed by atoms with van der Waals surface area (Å²) in [5.74, 6) is 2.90. The molecule has 0 N–H and O–H groups in total. The lowest BCUT2D eigenvalue weighted by atomic mass is 10.1. The minimum absolute atomic E-state index is 0.0453. The van der Waals surface area contributed by atoms with E-state index in [0.29, 0.717) is 17.4 Å². The normalized spacial score (nSPS) is 12.7. The van der Waals surface area contributed by atoms with Crippen LogP contribution in [0.1, 0.15) is 74.8 Å². The van der Waals surface area contributed by atoms with Crippen LogP contribution >= 0.6 is 139 Å². The van der Waals surface area contributed by atoms with Gasteiger partial charge in [-0.05, 0) is 83.8 Å². The topological polar surface area (TPSA) is 187 Å². The Bertz CT molecular complexity index is 3750. The first-order valence-corrected chi connectivity index (χ1v) is 27.5. The van der Waals surface area contributed by atoms with Gasteiger partial charge in [0.2, 0.25) is 30.4 Å². The van der Waals surface area contributed by atoms with Gasteiger partial charge in [-0.3, -0.25) is 0 Å². The van der Waals surface area contributed by atoms with Gasteiger partial charge in [0.1, 0.15) is 11.3 Å². The van der Waals surface area contributed by atoms with E-state index in [-0.39, 0.29) is 48.0 Å². The van der Waals surface area contributed by atoms with Gasteiger partial charge in [-0.2, -0.15) is 0 Å². The number of aromatic nitrogens is 8. The molecule has 0 saturated heterocycles. The lowest BCUT2D eigenvalue weighted by Crippen LogP contribution is -1.99. The summed E-state index contributed by atoms with van der Waals surface area (Å²) in [5, 5.41) is 30.9. The highest BCUT2D eigenvalue weighted by Gasteiger charge is 2.32. The van der Waals surface area contributed by atoms with Gasteiger partial charge >= 0.3 is 0 Å². The molecule has 5 aromatic heterocycles. The molecule has 0 atom stereocenters. The van der Waals surface area contributed by atoms with Crippen molar-refractivity contribution in [2.75, 3.05) is 6.79 Å². The zero-order chi connectivity index (χ0) is 57.8. The van der Waals surface area contributed by atoms with Crippen LogP contribution in [0.4, 0.5) is 0 Å². The van der Waals surface area contributed by atoms with Crippen LogP contribution in [0, 0.1) is 6.92 Å². The summed E-state index contributed by atoms with van der Waals surface area (Å²) >= 11 is 67.8. The first-order chi connectivity index (χ1) is 38.5. The number of rotatable bonds is 9. The number of halogens is 12. The zero-order valence-electron chi connectivity index (χ0n) is 40.9. The van der Waals surface area contributed by atoms with E-state index in [4.69, 9.17) is 171 Å². The van der Waals surface area contributed by atoms with Gasteiger partial charge in [0, 0.05) is 29.2 Å². The van der Waals surface area contributed by atoms with Crippen LogP contribution in [0.15, 0.2) is 149 Å². The first-order valence-electron chi connectivity index (χ1n) is 23.0. The summed E-state index contributed by atoms with van der Waals surface area (Å²) in [6.07, 6.45) is 14.3. The molecule has 0 aliphatic carbocycles. The van der Waals surface area contributed by atoms with Crippen molar-refractivity contribution in [2.24, 2.45) is 0 Å². The van der Waals surface area contributed by atoms with Gasteiger partial charge in [0.25, 0.3) is 38.7 Å². The average Bonchev–Trinajstić information content (AvgIpc) is 4.34. The second-order valence-corrected chi connectivity index (χ2v) is 25.4. The molecule has 416 valence electrons. The Kier molecular flexibility index (Phi) is 20.9. The third-order valence-corrected chi connectivity index (χ3v) is 12.2. The van der Waals surface area contributed by atoms with Gasteiger partial charge in [0.05, 0.1) is 0 Å². The molecule has 0 radical (unpaired) electrons. The number of fused-ring (bicyclic) bond motifs is 2. The van der Waals surface area contributed by atoms with Crippen LogP contribution in [-0.4, -0.2) is 47.6 Å². The summed E-state index contributed by atoms with van der Waals surface area (Å²) in [6.45, 7) is 2.26. The quantitative estimate of drug-likeness (QED) is 0.0980. The lowest BCUT2D eigenvalue weighted by Gasteiger charge is -2.02. The second-order valence-electron chi connectivity index (χ2n) is 16.3. The van der Waals surface area contributed by atoms with Gasteiger partial charge < -0.3 is 31.6 Å². The Labute approximate surface area is 520 Å². The van der Waals surface area contributed by atoms with E-state index >= 15 is 0 Å². The summed E-state index contributed by atoms with van der Waals surface area (Å²) < 4.78 is 30.2. The molecule has 0 unspecified atom stereocenters. The van der Waals surface area contributed by atoms with E-state index in [1.54, 1.807) is 30.4 Å². The standard InChI is InChI=1S/C17H11Cl3N2O.C13H7Cl3N2O2.C12H7Cl3N2O3.C12H9Cl3N2O/c18-17(19,20)16-22-21-15(23-16)14-10-8-13(9-11-14)7-6-12-4-2-1-3-5-12;14-13(15,16)12-18-17-11(20-12)6-5-9-7-8-3-1-2-4-10(8)19-9;13-12(14,15)11-17-16-10(20-11)4-2-7-1-3-8-9(5-7)19-6-18-8;1-8-2-4-9(5-3-8)6-7-10-16-17-11(18-10)12(13,14)15/h1-11H;1-7H;1-5H,6H2;2-7H,1H3/b7-6+;6-5+;4-2+;7-6+. The predicted octanol–water partition coefficient (Wildman–Crippen LogP) is 18.7. The average molecular weight is 1330 g/mol. The number of nitrogens with zero attached hydrogens (tertiary/aromatic N) is 8. The Morgan fingerprint density at radius 1 is 0.370 bits per heavy atom. The summed E-state index contributed by atoms with van der Waals surface area (Å²) in [7, 11) is 0. The Balaban J connectivity index is 0.000000142. The van der Waals surface area contributed by atoms with Crippen molar-refractivity contribution in [1.29, 1.82) is 0 Å². The van der Waals surface area contributed by atoms with E-state index in [1.165, 1.54) is 5.56 Å². The maximum Gasteiger partial charge on any atom is 0.268 e. The van der Waals surface area contributed by atoms with Crippen molar-refractivity contribution < 1.29 is 31.6 Å². The predicted molar refractivity (Wildman–Crippen MR) is 322 cm³/mol. The van der Waals surface area contributed by atoms with Crippen LogP contribution < -0.4 is 9.47 Å². The highest BCUT2D eigenvalue weighted by atomic mass is 35.6. The maximum atomic E-state index is 5.71. The molecule has 27 heteroatoms. The minimum atomic E-state index is -1.72. The number of hydrogen-bond acceptors (Lipinski definition) is 15. The Morgan fingerprint density at radius 3 is 1.32 bits per heavy atom. The van der Waals surface area contributed by atoms with Crippen molar-refractivity contribution >= 4 is 199 Å². The van der Waals surface area contributed by atoms with Crippen molar-refractivity contribution in [3.05, 3.63) is 202 Å². The van der Waals surface area contributed by atoms with Crippen molar-refractivity contribution in [1.82, 2.24) is 40.8 Å². The number of furan rings is 1. The molecule has 11 rings (SSSR count). The molecule has 6 heterocycles. The number of benzene rings is 5. The smallest absolute Gasteiger partial charge is 0.268 e. The molecule has 1 aliphatic heterocycles. The zero-order valence-corrected chi connectivity index (χ0v) is 50.0. The highest BCUT2D eigenvalue weighted by molar-refractivity contribution is 6.67. The number of aryl methyl sites for hydroxylation is 1. The van der Waals surface area contributed by atoms with Gasteiger partial charge in [0.15, 0.2) is 11.5 Å². The third-order valence-electron chi connectivity index (χ3n) is 10.3.